The van der Waals surface area contributed by atoms with Crippen molar-refractivity contribution in [2.75, 3.05) is 6.61 Å². The van der Waals surface area contributed by atoms with E-state index in [0.29, 0.717) is 5.75 Å². The summed E-state index contributed by atoms with van der Waals surface area (Å²) in [5.74, 6) is 0.0394. The van der Waals surface area contributed by atoms with Crippen molar-refractivity contribution in [3.05, 3.63) is 69.3 Å². The first-order valence-corrected chi connectivity index (χ1v) is 8.81. The number of amides is 1. The summed E-state index contributed by atoms with van der Waals surface area (Å²) in [6.07, 6.45) is 4.69. The van der Waals surface area contributed by atoms with E-state index in [9.17, 15) is 14.9 Å². The average Bonchev–Trinajstić information content (AvgIpc) is 2.66. The fraction of sp³-hybridized carbons (Fsp3) is 0.350. The van der Waals surface area contributed by atoms with Crippen molar-refractivity contribution in [2.24, 2.45) is 0 Å². The van der Waals surface area contributed by atoms with Gasteiger partial charge in [-0.3, -0.25) is 14.9 Å². The molecule has 2 aromatic rings. The maximum atomic E-state index is 12.1. The van der Waals surface area contributed by atoms with Crippen molar-refractivity contribution in [3.8, 4) is 5.75 Å². The molecule has 26 heavy (non-hydrogen) atoms. The number of non-ortho nitro benzene ring substituents is 1. The van der Waals surface area contributed by atoms with Gasteiger partial charge in [-0.1, -0.05) is 24.3 Å². The molecule has 1 unspecified atom stereocenters. The third-order valence-electron chi connectivity index (χ3n) is 4.65. The molecule has 0 bridgehead atoms. The molecular weight excluding hydrogens is 332 g/mol. The van der Waals surface area contributed by atoms with E-state index in [1.165, 1.54) is 42.2 Å². The fourth-order valence-electron chi connectivity index (χ4n) is 3.22. The molecule has 0 saturated heterocycles. The molecule has 1 N–H and O–H groups in total. The number of hydrogen-bond acceptors (Lipinski definition) is 4. The Balaban J connectivity index is 1.56. The van der Waals surface area contributed by atoms with Crippen LogP contribution in [0.4, 0.5) is 5.69 Å². The van der Waals surface area contributed by atoms with Crippen LogP contribution in [0, 0.1) is 10.1 Å². The molecule has 0 heterocycles. The minimum Gasteiger partial charge on any atom is -0.484 e. The van der Waals surface area contributed by atoms with Gasteiger partial charge in [0.25, 0.3) is 11.6 Å². The monoisotopic (exact) mass is 354 g/mol. The van der Waals surface area contributed by atoms with Gasteiger partial charge >= 0.3 is 0 Å². The molecule has 0 fully saturated rings. The summed E-state index contributed by atoms with van der Waals surface area (Å²) in [4.78, 5) is 22.4. The second kappa shape index (κ2) is 7.99. The number of aryl methyl sites for hydroxylation is 2. The number of nitro benzene ring substituents is 1. The molecule has 0 aromatic heterocycles. The van der Waals surface area contributed by atoms with E-state index in [1.54, 1.807) is 6.07 Å². The van der Waals surface area contributed by atoms with E-state index in [0.717, 1.165) is 18.4 Å². The van der Waals surface area contributed by atoms with Crippen LogP contribution in [0.15, 0.2) is 42.5 Å². The van der Waals surface area contributed by atoms with E-state index in [4.69, 9.17) is 4.74 Å². The Hall–Kier alpha value is -2.89. The summed E-state index contributed by atoms with van der Waals surface area (Å²) in [7, 11) is 0. The number of rotatable bonds is 6. The van der Waals surface area contributed by atoms with Gasteiger partial charge in [0.1, 0.15) is 5.75 Å². The number of nitro groups is 1. The van der Waals surface area contributed by atoms with Gasteiger partial charge in [0.05, 0.1) is 17.0 Å². The number of hydrogen-bond donors (Lipinski definition) is 1. The summed E-state index contributed by atoms with van der Waals surface area (Å²) in [5, 5.41) is 13.7. The molecule has 6 heteroatoms. The zero-order valence-electron chi connectivity index (χ0n) is 14.7. The van der Waals surface area contributed by atoms with Crippen molar-refractivity contribution in [3.63, 3.8) is 0 Å². The normalized spacial score (nSPS) is 14.2. The lowest BCUT2D eigenvalue weighted by Crippen LogP contribution is -2.31. The Morgan fingerprint density at radius 2 is 1.96 bits per heavy atom. The highest BCUT2D eigenvalue weighted by Gasteiger charge is 2.15. The Bertz CT molecular complexity index is 819. The second-order valence-electron chi connectivity index (χ2n) is 6.57. The number of nitrogens with one attached hydrogen (secondary N) is 1. The molecule has 3 rings (SSSR count). The first-order valence-electron chi connectivity index (χ1n) is 8.81. The fourth-order valence-corrected chi connectivity index (χ4v) is 3.22. The topological polar surface area (TPSA) is 81.5 Å². The molecule has 1 aliphatic rings. The second-order valence-corrected chi connectivity index (χ2v) is 6.57. The van der Waals surface area contributed by atoms with E-state index >= 15 is 0 Å². The third-order valence-corrected chi connectivity index (χ3v) is 4.65. The zero-order chi connectivity index (χ0) is 18.5. The summed E-state index contributed by atoms with van der Waals surface area (Å²) in [6.45, 7) is 1.76. The maximum Gasteiger partial charge on any atom is 0.273 e. The molecule has 0 aliphatic heterocycles. The first-order chi connectivity index (χ1) is 12.5. The van der Waals surface area contributed by atoms with Crippen molar-refractivity contribution in [1.82, 2.24) is 5.32 Å². The molecule has 0 saturated carbocycles. The lowest BCUT2D eigenvalue weighted by molar-refractivity contribution is -0.384. The predicted octanol–water partition coefficient (Wildman–Crippen LogP) is 3.73. The van der Waals surface area contributed by atoms with E-state index < -0.39 is 4.92 Å². The van der Waals surface area contributed by atoms with Crippen LogP contribution < -0.4 is 10.1 Å². The van der Waals surface area contributed by atoms with Crippen molar-refractivity contribution >= 4 is 11.6 Å². The van der Waals surface area contributed by atoms with Crippen molar-refractivity contribution in [1.29, 1.82) is 0 Å². The Labute approximate surface area is 152 Å². The molecule has 6 nitrogen and oxygen atoms in total. The molecule has 1 amide bonds. The molecular formula is C20H22N2O4. The highest BCUT2D eigenvalue weighted by atomic mass is 16.6. The summed E-state index contributed by atoms with van der Waals surface area (Å²) in [6, 6.07) is 12.1. The summed E-state index contributed by atoms with van der Waals surface area (Å²) < 4.78 is 5.37. The number of benzene rings is 2. The summed E-state index contributed by atoms with van der Waals surface area (Å²) >= 11 is 0. The summed E-state index contributed by atoms with van der Waals surface area (Å²) in [5.41, 5.74) is 3.80. The Morgan fingerprint density at radius 1 is 1.19 bits per heavy atom. The maximum absolute atomic E-state index is 12.1. The third kappa shape index (κ3) is 4.39. The van der Waals surface area contributed by atoms with Crippen LogP contribution in [0.2, 0.25) is 0 Å². The number of carbonyl (C=O) groups is 1. The van der Waals surface area contributed by atoms with Crippen LogP contribution in [0.25, 0.3) is 0 Å². The number of ether oxygens (including phenoxy) is 1. The predicted molar refractivity (Wildman–Crippen MR) is 98.2 cm³/mol. The molecule has 2 aromatic carbocycles. The van der Waals surface area contributed by atoms with Crippen LogP contribution in [0.5, 0.6) is 5.75 Å². The average molecular weight is 354 g/mol. The van der Waals surface area contributed by atoms with Gasteiger partial charge < -0.3 is 10.1 Å². The van der Waals surface area contributed by atoms with Crippen molar-refractivity contribution in [2.45, 2.75) is 38.6 Å². The molecule has 0 radical (unpaired) electrons. The SMILES string of the molecule is CC(NC(=O)COc1cccc([N+](=O)[O-])c1)c1ccc2c(c1)CCCC2. The molecule has 136 valence electrons. The van der Waals surface area contributed by atoms with Gasteiger partial charge in [-0.05, 0) is 55.4 Å². The smallest absolute Gasteiger partial charge is 0.273 e. The van der Waals surface area contributed by atoms with Crippen LogP contribution in [0.3, 0.4) is 0 Å². The largest absolute Gasteiger partial charge is 0.484 e. The number of fused-ring (bicyclic) bond motifs is 1. The van der Waals surface area contributed by atoms with Gasteiger partial charge in [0.15, 0.2) is 6.61 Å². The van der Waals surface area contributed by atoms with Crippen LogP contribution in [-0.2, 0) is 17.6 Å². The highest BCUT2D eigenvalue weighted by molar-refractivity contribution is 5.78. The molecule has 0 spiro atoms. The minimum atomic E-state index is -0.495. The highest BCUT2D eigenvalue weighted by Crippen LogP contribution is 2.25. The van der Waals surface area contributed by atoms with E-state index in [2.05, 4.69) is 23.5 Å². The Morgan fingerprint density at radius 3 is 2.73 bits per heavy atom. The van der Waals surface area contributed by atoms with E-state index in [-0.39, 0.29) is 24.2 Å². The number of carbonyl (C=O) groups excluding carboxylic acids is 1. The lowest BCUT2D eigenvalue weighted by atomic mass is 9.89. The Kier molecular flexibility index (Phi) is 5.51. The molecule has 1 aliphatic carbocycles. The van der Waals surface area contributed by atoms with Crippen molar-refractivity contribution < 1.29 is 14.5 Å². The minimum absolute atomic E-state index is 0.0645. The van der Waals surface area contributed by atoms with Gasteiger partial charge in [0, 0.05) is 6.07 Å². The van der Waals surface area contributed by atoms with Gasteiger partial charge in [-0.2, -0.15) is 0 Å². The quantitative estimate of drug-likeness (QED) is 0.633. The molecule has 1 atom stereocenters. The van der Waals surface area contributed by atoms with Gasteiger partial charge in [0.2, 0.25) is 0 Å². The number of nitrogens with zero attached hydrogens (tertiary/aromatic N) is 1. The lowest BCUT2D eigenvalue weighted by Gasteiger charge is -2.20. The van der Waals surface area contributed by atoms with E-state index in [1.807, 2.05) is 6.92 Å². The zero-order valence-corrected chi connectivity index (χ0v) is 14.7. The standard InChI is InChI=1S/C20H22N2O4/c1-14(16-10-9-15-5-2-3-6-17(15)11-16)21-20(23)13-26-19-8-4-7-18(12-19)22(24)25/h4,7-12,14H,2-3,5-6,13H2,1H3,(H,21,23). The van der Waals surface area contributed by atoms with Crippen LogP contribution in [0.1, 0.15) is 42.5 Å². The van der Waals surface area contributed by atoms with Gasteiger partial charge in [-0.15, -0.1) is 0 Å². The van der Waals surface area contributed by atoms with Crippen LogP contribution >= 0.6 is 0 Å². The first kappa shape index (κ1) is 17.9. The van der Waals surface area contributed by atoms with Crippen LogP contribution in [-0.4, -0.2) is 17.4 Å². The van der Waals surface area contributed by atoms with Gasteiger partial charge in [-0.25, -0.2) is 0 Å².